The van der Waals surface area contributed by atoms with Crippen molar-refractivity contribution >= 4 is 0 Å². The molecule has 0 radical (unpaired) electrons. The maximum Gasteiger partial charge on any atom is 0.280 e. The third kappa shape index (κ3) is 3.28. The van der Waals surface area contributed by atoms with Crippen molar-refractivity contribution in [2.45, 2.75) is 6.54 Å². The van der Waals surface area contributed by atoms with Crippen molar-refractivity contribution < 1.29 is 9.30 Å². The predicted molar refractivity (Wildman–Crippen MR) is 61.1 cm³/mol. The summed E-state index contributed by atoms with van der Waals surface area (Å²) >= 11 is 0. The molecule has 0 aliphatic heterocycles. The van der Waals surface area contributed by atoms with Gasteiger partial charge in [0.1, 0.15) is 6.07 Å². The Hall–Kier alpha value is -2.41. The third-order valence-corrected chi connectivity index (χ3v) is 2.23. The molecule has 84 valence electrons. The molecule has 0 bridgehead atoms. The fraction of sp³-hybridized carbons (Fsp3) is 0.154. The van der Waals surface area contributed by atoms with Crippen LogP contribution in [0.1, 0.15) is 5.56 Å². The van der Waals surface area contributed by atoms with E-state index >= 15 is 0 Å². The normalized spacial score (nSPS) is 9.59. The molecule has 1 aromatic heterocycles. The Balaban J connectivity index is 2.09. The Bertz CT molecular complexity index is 520. The average Bonchev–Trinajstić information content (AvgIpc) is 2.38. The van der Waals surface area contributed by atoms with E-state index in [4.69, 9.17) is 10.00 Å². The van der Waals surface area contributed by atoms with Crippen molar-refractivity contribution in [2.24, 2.45) is 0 Å². The highest BCUT2D eigenvalue weighted by Gasteiger charge is 2.05. The van der Waals surface area contributed by atoms with E-state index in [0.29, 0.717) is 5.88 Å². The van der Waals surface area contributed by atoms with Crippen LogP contribution in [0.15, 0.2) is 48.9 Å². The highest BCUT2D eigenvalue weighted by atomic mass is 16.5. The molecular weight excluding hydrogens is 214 g/mol. The lowest BCUT2D eigenvalue weighted by molar-refractivity contribution is -0.689. The second-order valence-corrected chi connectivity index (χ2v) is 3.50. The standard InChI is InChI=1S/C13H12N3O/c14-6-9-17-13-11-16(8-7-15-13)10-12-4-2-1-3-5-12/h1-5,7-8,11H,9-10H2/q+1. The fourth-order valence-corrected chi connectivity index (χ4v) is 1.48. The molecule has 4 heteroatoms. The van der Waals surface area contributed by atoms with Gasteiger partial charge in [-0.25, -0.2) is 4.98 Å². The Kier molecular flexibility index (Phi) is 3.66. The van der Waals surface area contributed by atoms with Crippen molar-refractivity contribution in [1.82, 2.24) is 4.98 Å². The van der Waals surface area contributed by atoms with E-state index < -0.39 is 0 Å². The van der Waals surface area contributed by atoms with Gasteiger partial charge in [0.25, 0.3) is 5.88 Å². The molecule has 0 atom stereocenters. The van der Waals surface area contributed by atoms with Crippen LogP contribution in [-0.4, -0.2) is 11.6 Å². The van der Waals surface area contributed by atoms with E-state index in [0.717, 1.165) is 6.54 Å². The second kappa shape index (κ2) is 5.61. The van der Waals surface area contributed by atoms with E-state index in [9.17, 15) is 0 Å². The number of ether oxygens (including phenoxy) is 1. The van der Waals surface area contributed by atoms with E-state index in [1.165, 1.54) is 5.56 Å². The molecule has 0 unspecified atom stereocenters. The van der Waals surface area contributed by atoms with Gasteiger partial charge in [-0.15, -0.1) is 0 Å². The minimum absolute atomic E-state index is 0.0162. The summed E-state index contributed by atoms with van der Waals surface area (Å²) < 4.78 is 7.11. The first kappa shape index (κ1) is 11.1. The Morgan fingerprint density at radius 3 is 2.88 bits per heavy atom. The Morgan fingerprint density at radius 2 is 2.12 bits per heavy atom. The van der Waals surface area contributed by atoms with Crippen molar-refractivity contribution in [3.05, 3.63) is 54.5 Å². The minimum atomic E-state index is 0.0162. The van der Waals surface area contributed by atoms with Gasteiger partial charge in [0.15, 0.2) is 19.3 Å². The molecule has 0 aliphatic carbocycles. The molecule has 0 amide bonds. The van der Waals surface area contributed by atoms with Crippen LogP contribution < -0.4 is 9.30 Å². The van der Waals surface area contributed by atoms with E-state index in [2.05, 4.69) is 17.1 Å². The highest BCUT2D eigenvalue weighted by Crippen LogP contribution is 2.01. The van der Waals surface area contributed by atoms with Gasteiger partial charge in [0.05, 0.1) is 6.20 Å². The largest absolute Gasteiger partial charge is 0.458 e. The number of nitriles is 1. The molecule has 17 heavy (non-hydrogen) atoms. The number of nitrogens with zero attached hydrogens (tertiary/aromatic N) is 3. The number of aromatic nitrogens is 2. The van der Waals surface area contributed by atoms with Crippen LogP contribution in [0.4, 0.5) is 0 Å². The number of hydrogen-bond donors (Lipinski definition) is 0. The van der Waals surface area contributed by atoms with E-state index in [-0.39, 0.29) is 6.61 Å². The van der Waals surface area contributed by atoms with Crippen molar-refractivity contribution in [1.29, 1.82) is 5.26 Å². The molecule has 4 nitrogen and oxygen atoms in total. The minimum Gasteiger partial charge on any atom is -0.458 e. The lowest BCUT2D eigenvalue weighted by Crippen LogP contribution is -2.33. The Morgan fingerprint density at radius 1 is 1.29 bits per heavy atom. The second-order valence-electron chi connectivity index (χ2n) is 3.50. The lowest BCUT2D eigenvalue weighted by atomic mass is 10.2. The summed E-state index contributed by atoms with van der Waals surface area (Å²) in [4.78, 5) is 4.02. The summed E-state index contributed by atoms with van der Waals surface area (Å²) in [6.07, 6.45) is 5.31. The Labute approximate surface area is 99.7 Å². The third-order valence-electron chi connectivity index (χ3n) is 2.23. The smallest absolute Gasteiger partial charge is 0.280 e. The van der Waals surface area contributed by atoms with E-state index in [1.807, 2.05) is 35.0 Å². The van der Waals surface area contributed by atoms with Crippen LogP contribution in [0.25, 0.3) is 0 Å². The van der Waals surface area contributed by atoms with Gasteiger partial charge in [0, 0.05) is 5.56 Å². The predicted octanol–water partition coefficient (Wildman–Crippen LogP) is 1.32. The summed E-state index contributed by atoms with van der Waals surface area (Å²) in [5.41, 5.74) is 1.20. The number of benzene rings is 1. The fourth-order valence-electron chi connectivity index (χ4n) is 1.48. The van der Waals surface area contributed by atoms with Crippen LogP contribution in [0, 0.1) is 11.3 Å². The molecule has 0 N–H and O–H groups in total. The van der Waals surface area contributed by atoms with Crippen molar-refractivity contribution in [2.75, 3.05) is 6.61 Å². The van der Waals surface area contributed by atoms with Gasteiger partial charge < -0.3 is 4.74 Å². The molecule has 0 saturated carbocycles. The summed E-state index contributed by atoms with van der Waals surface area (Å²) in [6, 6.07) is 12.0. The first-order chi connectivity index (χ1) is 8.38. The number of hydrogen-bond acceptors (Lipinski definition) is 3. The van der Waals surface area contributed by atoms with Gasteiger partial charge in [-0.05, 0) is 0 Å². The first-order valence-electron chi connectivity index (χ1n) is 5.27. The topological polar surface area (TPSA) is 49.8 Å². The van der Waals surface area contributed by atoms with Gasteiger partial charge in [-0.2, -0.15) is 9.83 Å². The summed E-state index contributed by atoms with van der Waals surface area (Å²) in [7, 11) is 0. The molecule has 0 saturated heterocycles. The molecule has 2 rings (SSSR count). The van der Waals surface area contributed by atoms with Gasteiger partial charge in [0.2, 0.25) is 6.20 Å². The van der Waals surface area contributed by atoms with Gasteiger partial charge in [-0.3, -0.25) is 0 Å². The van der Waals surface area contributed by atoms with Crippen LogP contribution >= 0.6 is 0 Å². The maximum absolute atomic E-state index is 8.42. The SMILES string of the molecule is N#CCOc1c[n+](Cc2ccccc2)ccn1. The van der Waals surface area contributed by atoms with Gasteiger partial charge >= 0.3 is 0 Å². The molecular formula is C13H12N3O+. The maximum atomic E-state index is 8.42. The average molecular weight is 226 g/mol. The zero-order chi connectivity index (χ0) is 11.9. The molecule has 2 aromatic rings. The van der Waals surface area contributed by atoms with Crippen LogP contribution in [0.2, 0.25) is 0 Å². The first-order valence-corrected chi connectivity index (χ1v) is 5.27. The summed E-state index contributed by atoms with van der Waals surface area (Å²) in [5, 5.41) is 8.42. The van der Waals surface area contributed by atoms with Crippen LogP contribution in [-0.2, 0) is 6.54 Å². The van der Waals surface area contributed by atoms with Gasteiger partial charge in [-0.1, -0.05) is 30.3 Å². The monoisotopic (exact) mass is 226 g/mol. The van der Waals surface area contributed by atoms with Crippen LogP contribution in [0.5, 0.6) is 5.88 Å². The van der Waals surface area contributed by atoms with Crippen molar-refractivity contribution in [3.8, 4) is 11.9 Å². The zero-order valence-electron chi connectivity index (χ0n) is 9.28. The summed E-state index contributed by atoms with van der Waals surface area (Å²) in [6.45, 7) is 0.772. The zero-order valence-corrected chi connectivity index (χ0v) is 9.28. The lowest BCUT2D eigenvalue weighted by Gasteiger charge is -2.00. The highest BCUT2D eigenvalue weighted by molar-refractivity contribution is 5.13. The quantitative estimate of drug-likeness (QED) is 0.739. The summed E-state index contributed by atoms with van der Waals surface area (Å²) in [5.74, 6) is 0.463. The number of rotatable bonds is 4. The molecule has 1 heterocycles. The molecule has 1 aromatic carbocycles. The van der Waals surface area contributed by atoms with Crippen LogP contribution in [0.3, 0.4) is 0 Å². The molecule has 0 aliphatic rings. The van der Waals surface area contributed by atoms with Crippen molar-refractivity contribution in [3.63, 3.8) is 0 Å². The van der Waals surface area contributed by atoms with E-state index in [1.54, 1.807) is 12.4 Å². The molecule has 0 spiro atoms. The molecule has 0 fully saturated rings.